The average molecular weight is 547 g/mol. The molecule has 2 rings (SSSR count). The Bertz CT molecular complexity index is 1030. The summed E-state index contributed by atoms with van der Waals surface area (Å²) in [6.45, 7) is 0. The third kappa shape index (κ3) is 10.5. The van der Waals surface area contributed by atoms with E-state index in [-0.39, 0.29) is 25.0 Å². The van der Waals surface area contributed by atoms with Gasteiger partial charge in [-0.15, -0.1) is 0 Å². The van der Waals surface area contributed by atoms with Crippen LogP contribution in [0, 0.1) is 0 Å². The van der Waals surface area contributed by atoms with Crippen LogP contribution in [-0.2, 0) is 32.0 Å². The molecular weight excluding hydrogens is 512 g/mol. The maximum absolute atomic E-state index is 13.3. The standard InChI is InChI=1S/C26H34N4O5S2/c1-37-13-12-20(24(32)30-22(26(34)35)15-18-10-6-3-7-11-18)28-25(33)21(29-23(31)19(27)16-36)14-17-8-4-2-5-9-17/h2-11,19-22,36H,12-16,27H2,1H3,(H,28,33)(H,29,31)(H,30,32)(H,34,35). The predicted octanol–water partition coefficient (Wildman–Crippen LogP) is 1.02. The number of hydrogen-bond donors (Lipinski definition) is 6. The fourth-order valence-corrected chi connectivity index (χ4v) is 4.16. The van der Waals surface area contributed by atoms with Crippen molar-refractivity contribution < 1.29 is 24.3 Å². The zero-order valence-corrected chi connectivity index (χ0v) is 22.3. The number of amides is 3. The van der Waals surface area contributed by atoms with Gasteiger partial charge in [0, 0.05) is 18.6 Å². The van der Waals surface area contributed by atoms with Gasteiger partial charge >= 0.3 is 5.97 Å². The van der Waals surface area contributed by atoms with Crippen molar-refractivity contribution in [1.29, 1.82) is 0 Å². The highest BCUT2D eigenvalue weighted by Gasteiger charge is 2.30. The SMILES string of the molecule is CSCCC(NC(=O)C(Cc1ccccc1)NC(=O)C(N)CS)C(=O)NC(Cc1ccccc1)C(=O)O. The summed E-state index contributed by atoms with van der Waals surface area (Å²) in [4.78, 5) is 50.7. The summed E-state index contributed by atoms with van der Waals surface area (Å²) >= 11 is 5.53. The number of nitrogens with one attached hydrogen (secondary N) is 3. The van der Waals surface area contributed by atoms with Crippen molar-refractivity contribution in [2.24, 2.45) is 5.73 Å². The van der Waals surface area contributed by atoms with Crippen LogP contribution < -0.4 is 21.7 Å². The van der Waals surface area contributed by atoms with E-state index in [2.05, 4.69) is 28.6 Å². The molecule has 4 unspecified atom stereocenters. The average Bonchev–Trinajstić information content (AvgIpc) is 2.90. The molecule has 0 heterocycles. The Balaban J connectivity index is 2.18. The first-order valence-corrected chi connectivity index (χ1v) is 13.8. The molecule has 11 heteroatoms. The molecule has 3 amide bonds. The maximum atomic E-state index is 13.3. The fourth-order valence-electron chi connectivity index (χ4n) is 3.52. The van der Waals surface area contributed by atoms with Crippen LogP contribution >= 0.6 is 24.4 Å². The molecular formula is C26H34N4O5S2. The van der Waals surface area contributed by atoms with Crippen molar-refractivity contribution in [3.63, 3.8) is 0 Å². The lowest BCUT2D eigenvalue weighted by atomic mass is 10.0. The van der Waals surface area contributed by atoms with Crippen molar-refractivity contribution in [3.05, 3.63) is 71.8 Å². The molecule has 2 aromatic carbocycles. The first-order valence-electron chi connectivity index (χ1n) is 11.8. The van der Waals surface area contributed by atoms with E-state index in [0.29, 0.717) is 5.75 Å². The summed E-state index contributed by atoms with van der Waals surface area (Å²) in [6, 6.07) is 14.0. The fraction of sp³-hybridized carbons (Fsp3) is 0.385. The zero-order chi connectivity index (χ0) is 27.2. The van der Waals surface area contributed by atoms with Crippen LogP contribution in [0.25, 0.3) is 0 Å². The van der Waals surface area contributed by atoms with Crippen LogP contribution in [0.1, 0.15) is 17.5 Å². The van der Waals surface area contributed by atoms with Gasteiger partial charge in [-0.25, -0.2) is 4.79 Å². The minimum absolute atomic E-state index is 0.0966. The molecule has 0 saturated carbocycles. The highest BCUT2D eigenvalue weighted by atomic mass is 32.2. The van der Waals surface area contributed by atoms with E-state index in [1.807, 2.05) is 42.7 Å². The quantitative estimate of drug-likeness (QED) is 0.183. The van der Waals surface area contributed by atoms with Crippen molar-refractivity contribution in [2.75, 3.05) is 17.8 Å². The maximum Gasteiger partial charge on any atom is 0.326 e. The number of carboxylic acid groups (broad SMARTS) is 1. The van der Waals surface area contributed by atoms with Gasteiger partial charge in [0.2, 0.25) is 17.7 Å². The molecule has 0 radical (unpaired) electrons. The number of benzene rings is 2. The van der Waals surface area contributed by atoms with Gasteiger partial charge in [0.05, 0.1) is 6.04 Å². The number of hydrogen-bond acceptors (Lipinski definition) is 7. The minimum atomic E-state index is -1.18. The van der Waals surface area contributed by atoms with E-state index in [1.165, 1.54) is 11.8 Å². The summed E-state index contributed by atoms with van der Waals surface area (Å²) in [7, 11) is 0. The molecule has 0 bridgehead atoms. The topological polar surface area (TPSA) is 151 Å². The number of carboxylic acids is 1. The number of rotatable bonds is 15. The number of thiol groups is 1. The summed E-state index contributed by atoms with van der Waals surface area (Å²) in [6.07, 6.45) is 2.42. The van der Waals surface area contributed by atoms with Crippen LogP contribution in [0.4, 0.5) is 0 Å². The van der Waals surface area contributed by atoms with Gasteiger partial charge in [-0.1, -0.05) is 60.7 Å². The van der Waals surface area contributed by atoms with E-state index in [0.717, 1.165) is 11.1 Å². The highest BCUT2D eigenvalue weighted by Crippen LogP contribution is 2.08. The highest BCUT2D eigenvalue weighted by molar-refractivity contribution is 7.98. The molecule has 0 aromatic heterocycles. The van der Waals surface area contributed by atoms with Crippen molar-refractivity contribution in [2.45, 2.75) is 43.4 Å². The van der Waals surface area contributed by atoms with Crippen molar-refractivity contribution in [3.8, 4) is 0 Å². The predicted molar refractivity (Wildman–Crippen MR) is 149 cm³/mol. The second-order valence-corrected chi connectivity index (χ2v) is 9.82. The van der Waals surface area contributed by atoms with E-state index < -0.39 is 47.9 Å². The van der Waals surface area contributed by atoms with Crippen LogP contribution in [0.2, 0.25) is 0 Å². The smallest absolute Gasteiger partial charge is 0.326 e. The third-order valence-electron chi connectivity index (χ3n) is 5.59. The van der Waals surface area contributed by atoms with Gasteiger partial charge in [-0.2, -0.15) is 24.4 Å². The minimum Gasteiger partial charge on any atom is -0.480 e. The molecule has 2 aromatic rings. The molecule has 0 aliphatic heterocycles. The second-order valence-electron chi connectivity index (χ2n) is 8.47. The van der Waals surface area contributed by atoms with E-state index in [4.69, 9.17) is 5.73 Å². The first kappa shape index (κ1) is 30.2. The molecule has 6 N–H and O–H groups in total. The van der Waals surface area contributed by atoms with Gasteiger partial charge < -0.3 is 26.8 Å². The lowest BCUT2D eigenvalue weighted by Gasteiger charge is -2.25. The molecule has 0 spiro atoms. The molecule has 0 aliphatic rings. The third-order valence-corrected chi connectivity index (χ3v) is 6.63. The van der Waals surface area contributed by atoms with Crippen LogP contribution in [0.3, 0.4) is 0 Å². The molecule has 9 nitrogen and oxygen atoms in total. The lowest BCUT2D eigenvalue weighted by molar-refractivity contribution is -0.142. The van der Waals surface area contributed by atoms with Crippen LogP contribution in [-0.4, -0.2) is 70.7 Å². The lowest BCUT2D eigenvalue weighted by Crippen LogP contribution is -2.58. The summed E-state index contributed by atoms with van der Waals surface area (Å²) in [5, 5.41) is 17.6. The summed E-state index contributed by atoms with van der Waals surface area (Å²) in [5.41, 5.74) is 7.34. The largest absolute Gasteiger partial charge is 0.480 e. The number of nitrogens with two attached hydrogens (primary N) is 1. The zero-order valence-electron chi connectivity index (χ0n) is 20.6. The normalized spacial score (nSPS) is 14.0. The van der Waals surface area contributed by atoms with Gasteiger partial charge in [-0.3, -0.25) is 14.4 Å². The molecule has 4 atom stereocenters. The van der Waals surface area contributed by atoms with E-state index in [9.17, 15) is 24.3 Å². The van der Waals surface area contributed by atoms with Crippen molar-refractivity contribution in [1.82, 2.24) is 16.0 Å². The van der Waals surface area contributed by atoms with Crippen LogP contribution in [0.15, 0.2) is 60.7 Å². The molecule has 37 heavy (non-hydrogen) atoms. The second kappa shape index (κ2) is 16.0. The monoisotopic (exact) mass is 546 g/mol. The number of carbonyl (C=O) groups is 4. The van der Waals surface area contributed by atoms with Crippen molar-refractivity contribution >= 4 is 48.1 Å². The van der Waals surface area contributed by atoms with Gasteiger partial charge in [0.25, 0.3) is 0 Å². The summed E-state index contributed by atoms with van der Waals surface area (Å²) in [5.74, 6) is -2.24. The molecule has 200 valence electrons. The first-order chi connectivity index (χ1) is 17.7. The Morgan fingerprint density at radius 3 is 1.76 bits per heavy atom. The Hall–Kier alpha value is -3.02. The van der Waals surface area contributed by atoms with Gasteiger partial charge in [0.1, 0.15) is 18.1 Å². The molecule has 0 aliphatic carbocycles. The molecule has 0 saturated heterocycles. The Labute approximate surface area is 226 Å². The number of carbonyl (C=O) groups excluding carboxylic acids is 3. The number of thioether (sulfide) groups is 1. The van der Waals surface area contributed by atoms with E-state index in [1.54, 1.807) is 24.3 Å². The Kier molecular flexibility index (Phi) is 13.0. The Morgan fingerprint density at radius 2 is 1.27 bits per heavy atom. The van der Waals surface area contributed by atoms with Crippen LogP contribution in [0.5, 0.6) is 0 Å². The van der Waals surface area contributed by atoms with Gasteiger partial charge in [0.15, 0.2) is 0 Å². The number of aliphatic carboxylic acids is 1. The summed E-state index contributed by atoms with van der Waals surface area (Å²) < 4.78 is 0. The van der Waals surface area contributed by atoms with E-state index >= 15 is 0 Å². The molecule has 0 fully saturated rings. The van der Waals surface area contributed by atoms with Gasteiger partial charge in [-0.05, 0) is 29.6 Å². The Morgan fingerprint density at radius 1 is 0.811 bits per heavy atom.